The van der Waals surface area contributed by atoms with Crippen LogP contribution in [0.15, 0.2) is 28.3 Å². The van der Waals surface area contributed by atoms with Gasteiger partial charge in [-0.2, -0.15) is 0 Å². The highest BCUT2D eigenvalue weighted by Gasteiger charge is 2.59. The van der Waals surface area contributed by atoms with Crippen LogP contribution in [0.2, 0.25) is 5.02 Å². The maximum absolute atomic E-state index is 14.9. The average Bonchev–Trinajstić information content (AvgIpc) is 3.46. The molecule has 1 aromatic carbocycles. The predicted octanol–water partition coefficient (Wildman–Crippen LogP) is 6.41. The fourth-order valence-corrected chi connectivity index (χ4v) is 13.0. The van der Waals surface area contributed by atoms with Crippen LogP contribution in [0, 0.1) is 23.7 Å². The molecule has 18 atom stereocenters. The number of benzene rings is 1. The Morgan fingerprint density at radius 3 is 2.30 bits per heavy atom. The quantitative estimate of drug-likeness (QED) is 0.0297. The summed E-state index contributed by atoms with van der Waals surface area (Å²) in [6, 6.07) is 2.97. The van der Waals surface area contributed by atoms with Crippen molar-refractivity contribution >= 4 is 58.0 Å². The molecular weight excluding hydrogens is 1120 g/mol. The number of carbonyl (C=O) groups excluding carboxylic acids is 3. The number of hydrogen-bond donors (Lipinski definition) is 5. The largest absolute Gasteiger partial charge is 0.509 e. The number of aliphatic hydroxyl groups excluding tert-OH is 1. The summed E-state index contributed by atoms with van der Waals surface area (Å²) in [5.41, 5.74) is -4.03. The van der Waals surface area contributed by atoms with Crippen LogP contribution >= 0.6 is 11.6 Å². The van der Waals surface area contributed by atoms with Crippen LogP contribution in [0.5, 0.6) is 0 Å². The molecule has 472 valence electrons. The van der Waals surface area contributed by atoms with Crippen LogP contribution in [0.25, 0.3) is 10.9 Å². The maximum Gasteiger partial charge on any atom is 0.509 e. The number of fused-ring (bicyclic) bond motifs is 2. The number of halogens is 1. The van der Waals surface area contributed by atoms with E-state index in [2.05, 4.69) is 15.8 Å². The number of hydrogen-bond acceptors (Lipinski definition) is 22. The number of pyridine rings is 1. The second-order valence-electron chi connectivity index (χ2n) is 24.3. The molecule has 4 saturated heterocycles. The molecule has 0 bridgehead atoms. The van der Waals surface area contributed by atoms with Crippen LogP contribution in [-0.2, 0) is 61.8 Å². The van der Waals surface area contributed by atoms with Gasteiger partial charge in [-0.3, -0.25) is 14.4 Å². The fourth-order valence-electron chi connectivity index (χ4n) is 12.8. The first-order chi connectivity index (χ1) is 39.6. The summed E-state index contributed by atoms with van der Waals surface area (Å²) in [6.07, 6.45) is -7.32. The average molecular weight is 1210 g/mol. The molecule has 1 saturated carbocycles. The molecule has 5 heterocycles. The lowest BCUT2D eigenvalue weighted by atomic mass is 9.73. The van der Waals surface area contributed by atoms with Gasteiger partial charge in [-0.05, 0) is 107 Å². The van der Waals surface area contributed by atoms with Gasteiger partial charge in [-0.25, -0.2) is 9.59 Å². The van der Waals surface area contributed by atoms with Crippen LogP contribution in [-0.4, -0.2) is 193 Å². The van der Waals surface area contributed by atoms with E-state index in [9.17, 15) is 39.3 Å². The molecule has 1 aromatic heterocycles. The van der Waals surface area contributed by atoms with E-state index in [0.29, 0.717) is 48.1 Å². The van der Waals surface area contributed by atoms with Gasteiger partial charge in [0.25, 0.3) is 0 Å². The van der Waals surface area contributed by atoms with Crippen molar-refractivity contribution in [2.75, 3.05) is 59.6 Å². The molecule has 5 aliphatic rings. The number of aromatic carboxylic acids is 1. The molecule has 1 unspecified atom stereocenters. The Labute approximate surface area is 496 Å². The Bertz CT molecular complexity index is 2730. The number of nitrogens with zero attached hydrogens (tertiary/aromatic N) is 3. The van der Waals surface area contributed by atoms with Crippen molar-refractivity contribution in [3.8, 4) is 0 Å². The van der Waals surface area contributed by atoms with Crippen molar-refractivity contribution < 1.29 is 86.7 Å². The third kappa shape index (κ3) is 15.0. The lowest BCUT2D eigenvalue weighted by Gasteiger charge is -2.49. The fraction of sp³-hybridized carbons (Fsp3) is 0.763. The molecule has 0 radical (unpaired) electrons. The second kappa shape index (κ2) is 28.0. The Kier molecular flexibility index (Phi) is 22.2. The minimum Gasteiger partial charge on any atom is -0.477 e. The summed E-state index contributed by atoms with van der Waals surface area (Å²) in [7, 11) is 5.19. The summed E-state index contributed by atoms with van der Waals surface area (Å²) in [5.74, 6) is -5.94. The van der Waals surface area contributed by atoms with E-state index in [1.165, 1.54) is 13.3 Å². The molecule has 0 spiro atoms. The van der Waals surface area contributed by atoms with Crippen molar-refractivity contribution in [2.24, 2.45) is 28.8 Å². The van der Waals surface area contributed by atoms with E-state index in [0.717, 1.165) is 12.8 Å². The molecule has 1 aliphatic carbocycles. The van der Waals surface area contributed by atoms with Gasteiger partial charge in [0.1, 0.15) is 23.4 Å². The number of nitrogens with one attached hydrogen (secondary N) is 2. The zero-order chi connectivity index (χ0) is 61.7. The van der Waals surface area contributed by atoms with E-state index in [1.54, 1.807) is 67.5 Å². The minimum atomic E-state index is -1.82. The second-order valence-corrected chi connectivity index (χ2v) is 24.7. The number of likely N-dealkylation sites (N-methyl/N-ethyl adjacent to an activating group) is 1. The number of carboxylic acid groups (broad SMARTS) is 1. The van der Waals surface area contributed by atoms with Crippen LogP contribution in [0.3, 0.4) is 0 Å². The summed E-state index contributed by atoms with van der Waals surface area (Å²) in [6.45, 7) is 20.4. The van der Waals surface area contributed by atoms with E-state index >= 15 is 0 Å². The van der Waals surface area contributed by atoms with Gasteiger partial charge >= 0.3 is 24.1 Å². The van der Waals surface area contributed by atoms with E-state index in [4.69, 9.17) is 63.8 Å². The van der Waals surface area contributed by atoms with Crippen molar-refractivity contribution in [3.05, 3.63) is 39.1 Å². The standard InChI is InChI=1S/C59H90ClN5O19/c1-15-43-59(11)51(83-56(72)84-59)32(5)46(63-76-29-75-16-2)30(3)26-57(9,73)50(82-55-48(68)42(64(12)13)23-31(4)77-55)33(6)49(34(7)54(71)79-43)81-45-27-58(10,74-14)52(35(8)78-45)80-44(66)19-20-61-21-22-62-40-24-37-41(25-39(40)60)65(36-17-18-36)28-38(47(37)67)53(69)70/h24-25,28,30-36,42-43,45,48-52,55,61-62,68,73H,15-23,26-27,29H2,1-14H3,(H,69,70)/b63-46+/t30-,31-,32+,33+,34-,35+,42+,43-,45+,48-,49?,50-,51-,52+,55+,57-,58-,59-/m1/s1. The van der Waals surface area contributed by atoms with Gasteiger partial charge in [0.2, 0.25) is 12.2 Å². The summed E-state index contributed by atoms with van der Waals surface area (Å²) in [5, 5.41) is 46.3. The SMILES string of the molecule is CCOCO/N=C1\[C@H](C)C[C@@](C)(O)[C@H](O[C@@H]2O[C@H](C)C[C@H](N(C)C)[C@H]2O)[C@@H](C)C(O[C@H]2C[C@@](C)(OC)[C@@H](OC(=O)CCNCCNc3cc4c(=O)c(C(=O)O)cn(C5CC5)c4cc3Cl)[C@H](C)O2)[C@@H](C)C(=O)O[C@H](CC)[C@@]2(C)OC(=O)O[C@@H]2[C@H]1C. The number of oxime groups is 1. The molecule has 25 heteroatoms. The molecule has 7 rings (SSSR count). The van der Waals surface area contributed by atoms with E-state index in [1.807, 2.05) is 44.3 Å². The molecule has 24 nitrogen and oxygen atoms in total. The van der Waals surface area contributed by atoms with Crippen molar-refractivity contribution in [1.29, 1.82) is 0 Å². The number of anilines is 1. The highest BCUT2D eigenvalue weighted by atomic mass is 35.5. The molecule has 5 N–H and O–H groups in total. The smallest absolute Gasteiger partial charge is 0.477 e. The van der Waals surface area contributed by atoms with E-state index in [-0.39, 0.29) is 68.2 Å². The number of aromatic nitrogens is 1. The molecule has 2 aromatic rings. The van der Waals surface area contributed by atoms with Crippen LogP contribution in [0.1, 0.15) is 138 Å². The summed E-state index contributed by atoms with van der Waals surface area (Å²) >= 11 is 6.65. The van der Waals surface area contributed by atoms with Crippen LogP contribution < -0.4 is 16.1 Å². The van der Waals surface area contributed by atoms with Gasteiger partial charge < -0.3 is 87.6 Å². The van der Waals surface area contributed by atoms with Gasteiger partial charge in [0.05, 0.1) is 64.3 Å². The summed E-state index contributed by atoms with van der Waals surface area (Å²) in [4.78, 5) is 74.4. The Morgan fingerprint density at radius 2 is 1.65 bits per heavy atom. The Hall–Kier alpha value is -4.73. The third-order valence-corrected chi connectivity index (χ3v) is 17.8. The summed E-state index contributed by atoms with van der Waals surface area (Å²) < 4.78 is 64.4. The first-order valence-electron chi connectivity index (χ1n) is 29.5. The van der Waals surface area contributed by atoms with Crippen LogP contribution in [0.4, 0.5) is 10.5 Å². The highest BCUT2D eigenvalue weighted by molar-refractivity contribution is 6.34. The molecule has 5 fully saturated rings. The Balaban J connectivity index is 1.10. The Morgan fingerprint density at radius 1 is 0.940 bits per heavy atom. The lowest BCUT2D eigenvalue weighted by molar-refractivity contribution is -0.318. The number of methoxy groups -OCH3 is 1. The topological polar surface area (TPSA) is 292 Å². The highest BCUT2D eigenvalue weighted by Crippen LogP contribution is 2.45. The van der Waals surface area contributed by atoms with E-state index < -0.39 is 125 Å². The molecule has 4 aliphatic heterocycles. The van der Waals surface area contributed by atoms with Crippen molar-refractivity contribution in [1.82, 2.24) is 14.8 Å². The lowest BCUT2D eigenvalue weighted by Crippen LogP contribution is -2.61. The first-order valence-corrected chi connectivity index (χ1v) is 29.8. The third-order valence-electron chi connectivity index (χ3n) is 17.5. The first kappa shape index (κ1) is 66.8. The molecular formula is C59H90ClN5O19. The number of esters is 2. The van der Waals surface area contributed by atoms with Crippen molar-refractivity contribution in [2.45, 2.75) is 211 Å². The monoisotopic (exact) mass is 1210 g/mol. The van der Waals surface area contributed by atoms with Gasteiger partial charge in [0, 0.05) is 81.2 Å². The normalized spacial score (nSPS) is 36.5. The minimum absolute atomic E-state index is 0.000418. The number of carboxylic acids is 1. The van der Waals surface area contributed by atoms with Crippen molar-refractivity contribution in [3.63, 3.8) is 0 Å². The maximum atomic E-state index is 14.9. The number of rotatable bonds is 21. The number of carbonyl (C=O) groups is 4. The zero-order valence-corrected chi connectivity index (χ0v) is 51.8. The van der Waals surface area contributed by atoms with Gasteiger partial charge in [-0.1, -0.05) is 44.5 Å². The molecule has 0 amide bonds. The van der Waals surface area contributed by atoms with Gasteiger partial charge in [-0.15, -0.1) is 0 Å². The molecule has 84 heavy (non-hydrogen) atoms. The number of ether oxygens (including phenoxy) is 10. The number of cyclic esters (lactones) is 1. The number of aliphatic hydroxyl groups is 2. The predicted molar refractivity (Wildman–Crippen MR) is 308 cm³/mol. The van der Waals surface area contributed by atoms with Gasteiger partial charge in [0.15, 0.2) is 30.4 Å². The zero-order valence-electron chi connectivity index (χ0n) is 51.0.